The Morgan fingerprint density at radius 2 is 2.00 bits per heavy atom. The number of anilines is 1. The molecule has 6 heteroatoms. The van der Waals surface area contributed by atoms with Crippen molar-refractivity contribution in [3.63, 3.8) is 0 Å². The summed E-state index contributed by atoms with van der Waals surface area (Å²) in [5, 5.41) is 4.65. The summed E-state index contributed by atoms with van der Waals surface area (Å²) in [6.45, 7) is 8.18. The second-order valence-electron chi connectivity index (χ2n) is 6.81. The van der Waals surface area contributed by atoms with Gasteiger partial charge >= 0.3 is 0 Å². The third kappa shape index (κ3) is 4.85. The van der Waals surface area contributed by atoms with Crippen LogP contribution in [0.4, 0.5) is 5.69 Å². The summed E-state index contributed by atoms with van der Waals surface area (Å²) < 4.78 is 11.9. The van der Waals surface area contributed by atoms with Crippen LogP contribution in [0, 0.1) is 13.8 Å². The van der Waals surface area contributed by atoms with Crippen LogP contribution in [0.15, 0.2) is 36.4 Å². The first-order valence-corrected chi connectivity index (χ1v) is 9.97. The van der Waals surface area contributed by atoms with E-state index in [-0.39, 0.29) is 6.10 Å². The Morgan fingerprint density at radius 1 is 1.26 bits per heavy atom. The number of aryl methyl sites for hydroxylation is 2. The lowest BCUT2D eigenvalue weighted by Gasteiger charge is -2.33. The molecule has 0 unspecified atom stereocenters. The highest BCUT2D eigenvalue weighted by Crippen LogP contribution is 2.31. The van der Waals surface area contributed by atoms with Crippen LogP contribution in [0.5, 0.6) is 11.5 Å². The van der Waals surface area contributed by atoms with E-state index < -0.39 is 0 Å². The molecule has 0 saturated carbocycles. The zero-order valence-electron chi connectivity index (χ0n) is 15.9. The van der Waals surface area contributed by atoms with Crippen LogP contribution in [0.25, 0.3) is 0 Å². The molecule has 0 radical (unpaired) electrons. The molecule has 0 amide bonds. The van der Waals surface area contributed by atoms with E-state index in [1.807, 2.05) is 44.2 Å². The number of nitrogens with zero attached hydrogens (tertiary/aromatic N) is 1. The maximum atomic E-state index is 6.42. The summed E-state index contributed by atoms with van der Waals surface area (Å²) in [4.78, 5) is 2.12. The molecule has 3 rings (SSSR count). The van der Waals surface area contributed by atoms with E-state index in [4.69, 9.17) is 33.3 Å². The molecular formula is C21H25ClN2O2S. The fourth-order valence-corrected chi connectivity index (χ4v) is 3.84. The predicted molar refractivity (Wildman–Crippen MR) is 115 cm³/mol. The van der Waals surface area contributed by atoms with Gasteiger partial charge in [0.2, 0.25) is 0 Å². The van der Waals surface area contributed by atoms with Crippen LogP contribution in [0.2, 0.25) is 5.02 Å². The van der Waals surface area contributed by atoms with Crippen molar-refractivity contribution in [3.05, 3.63) is 52.5 Å². The fourth-order valence-electron chi connectivity index (χ4n) is 3.20. The van der Waals surface area contributed by atoms with E-state index in [0.717, 1.165) is 41.3 Å². The van der Waals surface area contributed by atoms with Gasteiger partial charge in [-0.2, -0.15) is 0 Å². The van der Waals surface area contributed by atoms with Crippen molar-refractivity contribution in [2.75, 3.05) is 25.0 Å². The molecule has 0 aromatic heterocycles. The molecule has 0 aliphatic carbocycles. The minimum absolute atomic E-state index is 0.0826. The molecular weight excluding hydrogens is 380 g/mol. The standard InChI is InChI=1S/C21H25ClN2O2S/c1-4-9-24(12-16-13-25-18-7-5-6-8-19(18)26-16)21(27)23-20-15(3)10-14(2)11-17(20)22/h5-8,10-11,16H,4,9,12-13H2,1-3H3,(H,23,27)/t16-/m1/s1. The van der Waals surface area contributed by atoms with Gasteiger partial charge in [-0.05, 0) is 61.8 Å². The first-order chi connectivity index (χ1) is 13.0. The first kappa shape index (κ1) is 19.8. The minimum atomic E-state index is -0.0826. The van der Waals surface area contributed by atoms with Crippen molar-refractivity contribution in [1.82, 2.24) is 4.90 Å². The van der Waals surface area contributed by atoms with Crippen molar-refractivity contribution >= 4 is 34.6 Å². The van der Waals surface area contributed by atoms with Gasteiger partial charge in [-0.15, -0.1) is 0 Å². The van der Waals surface area contributed by atoms with E-state index >= 15 is 0 Å². The number of fused-ring (bicyclic) bond motifs is 1. The second kappa shape index (κ2) is 8.81. The number of benzene rings is 2. The Bertz CT molecular complexity index is 805. The van der Waals surface area contributed by atoms with Crippen LogP contribution >= 0.6 is 23.8 Å². The normalized spacial score (nSPS) is 15.3. The van der Waals surface area contributed by atoms with E-state index in [2.05, 4.69) is 23.2 Å². The summed E-state index contributed by atoms with van der Waals surface area (Å²) in [6.07, 6.45) is 0.896. The smallest absolute Gasteiger partial charge is 0.173 e. The molecule has 1 atom stereocenters. The zero-order valence-corrected chi connectivity index (χ0v) is 17.5. The summed E-state index contributed by atoms with van der Waals surface area (Å²) in [5.74, 6) is 1.57. The predicted octanol–water partition coefficient (Wildman–Crippen LogP) is 5.21. The van der Waals surface area contributed by atoms with Crippen molar-refractivity contribution in [1.29, 1.82) is 0 Å². The number of hydrogen-bond donors (Lipinski definition) is 1. The highest BCUT2D eigenvalue weighted by molar-refractivity contribution is 7.80. The molecule has 1 heterocycles. The number of rotatable bonds is 5. The van der Waals surface area contributed by atoms with Gasteiger partial charge < -0.3 is 19.7 Å². The van der Waals surface area contributed by atoms with Gasteiger partial charge in [-0.3, -0.25) is 0 Å². The van der Waals surface area contributed by atoms with Crippen molar-refractivity contribution in [3.8, 4) is 11.5 Å². The molecule has 0 spiro atoms. The van der Waals surface area contributed by atoms with Gasteiger partial charge in [0.25, 0.3) is 0 Å². The van der Waals surface area contributed by atoms with Gasteiger partial charge in [0, 0.05) is 6.54 Å². The number of ether oxygens (including phenoxy) is 2. The van der Waals surface area contributed by atoms with Gasteiger partial charge in [0.1, 0.15) is 6.61 Å². The Morgan fingerprint density at radius 3 is 2.70 bits per heavy atom. The molecule has 0 saturated heterocycles. The molecule has 1 N–H and O–H groups in total. The van der Waals surface area contributed by atoms with Crippen LogP contribution in [0.1, 0.15) is 24.5 Å². The highest BCUT2D eigenvalue weighted by atomic mass is 35.5. The fraction of sp³-hybridized carbons (Fsp3) is 0.381. The molecule has 144 valence electrons. The van der Waals surface area contributed by atoms with Crippen molar-refractivity contribution in [2.24, 2.45) is 0 Å². The van der Waals surface area contributed by atoms with Crippen molar-refractivity contribution in [2.45, 2.75) is 33.3 Å². The van der Waals surface area contributed by atoms with Gasteiger partial charge in [-0.1, -0.05) is 36.7 Å². The first-order valence-electron chi connectivity index (χ1n) is 9.19. The lowest BCUT2D eigenvalue weighted by Crippen LogP contribution is -2.45. The topological polar surface area (TPSA) is 33.7 Å². The maximum Gasteiger partial charge on any atom is 0.173 e. The number of thiocarbonyl (C=S) groups is 1. The largest absolute Gasteiger partial charge is 0.486 e. The van der Waals surface area contributed by atoms with Crippen LogP contribution in [-0.4, -0.2) is 35.8 Å². The van der Waals surface area contributed by atoms with Crippen LogP contribution < -0.4 is 14.8 Å². The van der Waals surface area contributed by atoms with Gasteiger partial charge in [0.05, 0.1) is 17.3 Å². The third-order valence-electron chi connectivity index (χ3n) is 4.44. The Kier molecular flexibility index (Phi) is 6.45. The van der Waals surface area contributed by atoms with Gasteiger partial charge in [-0.25, -0.2) is 0 Å². The zero-order chi connectivity index (χ0) is 19.4. The average Bonchev–Trinajstić information content (AvgIpc) is 2.64. The Hall–Kier alpha value is -1.98. The number of halogens is 1. The van der Waals surface area contributed by atoms with Crippen molar-refractivity contribution < 1.29 is 9.47 Å². The molecule has 1 aliphatic heterocycles. The number of hydrogen-bond acceptors (Lipinski definition) is 3. The van der Waals surface area contributed by atoms with E-state index in [0.29, 0.717) is 23.3 Å². The van der Waals surface area contributed by atoms with Crippen LogP contribution in [0.3, 0.4) is 0 Å². The van der Waals surface area contributed by atoms with Crippen LogP contribution in [-0.2, 0) is 0 Å². The molecule has 2 aromatic carbocycles. The summed E-state index contributed by atoms with van der Waals surface area (Å²) in [6, 6.07) is 11.8. The molecule has 0 fully saturated rings. The molecule has 2 aromatic rings. The summed E-state index contributed by atoms with van der Waals surface area (Å²) in [5.41, 5.74) is 3.07. The van der Waals surface area contributed by atoms with E-state index in [1.54, 1.807) is 0 Å². The summed E-state index contributed by atoms with van der Waals surface area (Å²) >= 11 is 12.1. The second-order valence-corrected chi connectivity index (χ2v) is 7.61. The monoisotopic (exact) mass is 404 g/mol. The average molecular weight is 405 g/mol. The molecule has 0 bridgehead atoms. The SMILES string of the molecule is CCCN(C[C@@H]1COc2ccccc2O1)C(=S)Nc1c(C)cc(C)cc1Cl. The minimum Gasteiger partial charge on any atom is -0.486 e. The van der Waals surface area contributed by atoms with E-state index in [9.17, 15) is 0 Å². The molecule has 27 heavy (non-hydrogen) atoms. The molecule has 1 aliphatic rings. The highest BCUT2D eigenvalue weighted by Gasteiger charge is 2.24. The van der Waals surface area contributed by atoms with E-state index in [1.165, 1.54) is 0 Å². The van der Waals surface area contributed by atoms with Gasteiger partial charge in [0.15, 0.2) is 22.7 Å². The molecule has 4 nitrogen and oxygen atoms in total. The Labute approximate surface area is 171 Å². The lowest BCUT2D eigenvalue weighted by atomic mass is 10.1. The quantitative estimate of drug-likeness (QED) is 0.692. The number of nitrogens with one attached hydrogen (secondary N) is 1. The Balaban J connectivity index is 1.69. The number of para-hydroxylation sites is 2. The maximum absolute atomic E-state index is 6.42. The lowest BCUT2D eigenvalue weighted by molar-refractivity contribution is 0.0746. The summed E-state index contributed by atoms with van der Waals surface area (Å²) in [7, 11) is 0. The third-order valence-corrected chi connectivity index (χ3v) is 5.09.